The summed E-state index contributed by atoms with van der Waals surface area (Å²) in [4.78, 5) is 2.68. The van der Waals surface area contributed by atoms with Gasteiger partial charge in [-0.1, -0.05) is 12.0 Å². The second-order valence-corrected chi connectivity index (χ2v) is 13.9. The molecule has 2 fully saturated rings. The van der Waals surface area contributed by atoms with Gasteiger partial charge < -0.3 is 24.7 Å². The summed E-state index contributed by atoms with van der Waals surface area (Å²) < 4.78 is 76.9. The first-order valence-corrected chi connectivity index (χ1v) is 17.2. The van der Waals surface area contributed by atoms with Crippen LogP contribution in [0, 0.1) is 11.8 Å². The molecule has 1 aliphatic carbocycles. The van der Waals surface area contributed by atoms with E-state index in [-0.39, 0.29) is 23.2 Å². The standard InChI is InChI=1S/C33H41F3N4O4S/c1-43-26-8-6-18-39(21-26)24-13-11-23(12-14-24)38-29-9-4-10-31-28(29)19-25(40(31)22-33(34,35)36)7-5-17-37-30-16-15-27(45(3,41)42)20-32(30)44-2/h4,9-10,15-16,19-20,23-24,26,37-38H,6,8,11-14,17-18,21-22H2,1-3H3. The van der Waals surface area contributed by atoms with E-state index in [0.717, 1.165) is 63.6 Å². The number of anilines is 2. The van der Waals surface area contributed by atoms with Crippen LogP contribution in [0.2, 0.25) is 0 Å². The number of methoxy groups -OCH3 is 2. The van der Waals surface area contributed by atoms with Crippen molar-refractivity contribution >= 4 is 32.1 Å². The van der Waals surface area contributed by atoms with Gasteiger partial charge >= 0.3 is 6.18 Å². The van der Waals surface area contributed by atoms with Crippen LogP contribution in [0.1, 0.15) is 44.2 Å². The molecule has 5 rings (SSSR count). The number of benzene rings is 2. The van der Waals surface area contributed by atoms with Crippen LogP contribution in [0.25, 0.3) is 10.9 Å². The number of alkyl halides is 3. The fourth-order valence-corrected chi connectivity index (χ4v) is 7.12. The van der Waals surface area contributed by atoms with Gasteiger partial charge in [0.05, 0.1) is 41.6 Å². The van der Waals surface area contributed by atoms with Gasteiger partial charge in [0, 0.05) is 49.1 Å². The van der Waals surface area contributed by atoms with Crippen LogP contribution < -0.4 is 15.4 Å². The summed E-state index contributed by atoms with van der Waals surface area (Å²) in [7, 11) is -0.199. The minimum Gasteiger partial charge on any atom is -0.495 e. The van der Waals surface area contributed by atoms with E-state index < -0.39 is 22.6 Å². The average Bonchev–Trinajstić information content (AvgIpc) is 3.35. The summed E-state index contributed by atoms with van der Waals surface area (Å²) in [5, 5.41) is 7.40. The summed E-state index contributed by atoms with van der Waals surface area (Å²) in [5.41, 5.74) is 2.07. The van der Waals surface area contributed by atoms with Crippen LogP contribution in [0.5, 0.6) is 5.75 Å². The molecule has 0 amide bonds. The molecule has 2 N–H and O–H groups in total. The summed E-state index contributed by atoms with van der Waals surface area (Å²) in [5.74, 6) is 6.17. The van der Waals surface area contributed by atoms with Crippen molar-refractivity contribution in [1.82, 2.24) is 9.47 Å². The molecule has 1 aliphatic heterocycles. The zero-order valence-corrected chi connectivity index (χ0v) is 26.7. The van der Waals surface area contributed by atoms with E-state index in [0.29, 0.717) is 34.5 Å². The number of fused-ring (bicyclic) bond motifs is 1. The molecular weight excluding hydrogens is 605 g/mol. The first kappa shape index (κ1) is 33.0. The largest absolute Gasteiger partial charge is 0.495 e. The van der Waals surface area contributed by atoms with Crippen molar-refractivity contribution in [1.29, 1.82) is 0 Å². The maximum Gasteiger partial charge on any atom is 0.406 e. The monoisotopic (exact) mass is 646 g/mol. The third-order valence-corrected chi connectivity index (χ3v) is 9.89. The number of sulfone groups is 1. The van der Waals surface area contributed by atoms with Crippen LogP contribution in [-0.2, 0) is 21.1 Å². The second-order valence-electron chi connectivity index (χ2n) is 11.9. The molecule has 1 atom stereocenters. The van der Waals surface area contributed by atoms with E-state index in [1.807, 2.05) is 6.07 Å². The Morgan fingerprint density at radius 3 is 2.49 bits per heavy atom. The lowest BCUT2D eigenvalue weighted by Crippen LogP contribution is -2.47. The number of nitrogens with one attached hydrogen (secondary N) is 2. The van der Waals surface area contributed by atoms with Crippen molar-refractivity contribution < 1.29 is 31.1 Å². The molecule has 0 spiro atoms. The smallest absolute Gasteiger partial charge is 0.406 e. The number of piperidine rings is 1. The van der Waals surface area contributed by atoms with E-state index in [4.69, 9.17) is 9.47 Å². The second kappa shape index (κ2) is 13.9. The number of halogens is 3. The Morgan fingerprint density at radius 1 is 1.02 bits per heavy atom. The molecule has 0 radical (unpaired) electrons. The first-order chi connectivity index (χ1) is 21.4. The van der Waals surface area contributed by atoms with E-state index in [2.05, 4.69) is 27.4 Å². The highest BCUT2D eigenvalue weighted by atomic mass is 32.2. The Kier molecular flexibility index (Phi) is 10.2. The maximum absolute atomic E-state index is 13.7. The molecule has 12 heteroatoms. The zero-order chi connectivity index (χ0) is 32.2. The van der Waals surface area contributed by atoms with E-state index in [1.165, 1.54) is 23.8 Å². The van der Waals surface area contributed by atoms with Crippen molar-refractivity contribution in [2.75, 3.05) is 50.7 Å². The summed E-state index contributed by atoms with van der Waals surface area (Å²) >= 11 is 0. The van der Waals surface area contributed by atoms with Crippen molar-refractivity contribution in [2.45, 2.75) is 74.3 Å². The van der Waals surface area contributed by atoms with Gasteiger partial charge in [0.15, 0.2) is 9.84 Å². The molecule has 2 aromatic carbocycles. The fourth-order valence-electron chi connectivity index (χ4n) is 6.48. The number of aromatic nitrogens is 1. The lowest BCUT2D eigenvalue weighted by molar-refractivity contribution is -0.140. The molecule has 45 heavy (non-hydrogen) atoms. The van der Waals surface area contributed by atoms with Crippen LogP contribution in [0.15, 0.2) is 47.4 Å². The van der Waals surface area contributed by atoms with Crippen molar-refractivity contribution in [3.63, 3.8) is 0 Å². The Labute approximate surface area is 263 Å². The molecule has 3 aromatic rings. The lowest BCUT2D eigenvalue weighted by Gasteiger charge is -2.41. The Bertz CT molecular complexity index is 1650. The minimum atomic E-state index is -4.42. The Balaban J connectivity index is 1.31. The predicted molar refractivity (Wildman–Crippen MR) is 171 cm³/mol. The highest BCUT2D eigenvalue weighted by Gasteiger charge is 2.31. The molecule has 1 unspecified atom stereocenters. The van der Waals surface area contributed by atoms with Gasteiger partial charge in [-0.05, 0) is 81.3 Å². The number of nitrogens with zero attached hydrogens (tertiary/aromatic N) is 2. The van der Waals surface area contributed by atoms with E-state index >= 15 is 0 Å². The highest BCUT2D eigenvalue weighted by Crippen LogP contribution is 2.33. The van der Waals surface area contributed by atoms with Gasteiger partial charge in [0.1, 0.15) is 12.3 Å². The molecule has 0 bridgehead atoms. The van der Waals surface area contributed by atoms with Gasteiger partial charge in [0.2, 0.25) is 0 Å². The summed E-state index contributed by atoms with van der Waals surface area (Å²) in [6.45, 7) is 1.05. The summed E-state index contributed by atoms with van der Waals surface area (Å²) in [6, 6.07) is 12.4. The number of rotatable bonds is 9. The average molecular weight is 647 g/mol. The van der Waals surface area contributed by atoms with Crippen molar-refractivity contribution in [2.24, 2.45) is 0 Å². The molecule has 244 valence electrons. The normalized spacial score (nSPS) is 21.2. The van der Waals surface area contributed by atoms with E-state index in [9.17, 15) is 21.6 Å². The van der Waals surface area contributed by atoms with Crippen LogP contribution in [-0.4, -0.2) is 82.4 Å². The fraction of sp³-hybridized carbons (Fsp3) is 0.515. The topological polar surface area (TPSA) is 84.8 Å². The number of likely N-dealkylation sites (tertiary alicyclic amines) is 1. The van der Waals surface area contributed by atoms with Gasteiger partial charge in [-0.15, -0.1) is 0 Å². The molecule has 1 saturated heterocycles. The molecule has 2 heterocycles. The van der Waals surface area contributed by atoms with Crippen molar-refractivity contribution in [3.05, 3.63) is 48.2 Å². The van der Waals surface area contributed by atoms with Gasteiger partial charge in [-0.3, -0.25) is 4.90 Å². The van der Waals surface area contributed by atoms with Crippen molar-refractivity contribution in [3.8, 4) is 17.6 Å². The Hall–Kier alpha value is -3.40. The molecule has 2 aliphatic rings. The molecule has 1 saturated carbocycles. The number of hydrogen-bond donors (Lipinski definition) is 2. The predicted octanol–water partition coefficient (Wildman–Crippen LogP) is 5.91. The number of hydrogen-bond acceptors (Lipinski definition) is 7. The first-order valence-electron chi connectivity index (χ1n) is 15.3. The maximum atomic E-state index is 13.7. The van der Waals surface area contributed by atoms with Crippen LogP contribution in [0.3, 0.4) is 0 Å². The Morgan fingerprint density at radius 2 is 1.80 bits per heavy atom. The third-order valence-electron chi connectivity index (χ3n) is 8.78. The SMILES string of the molecule is COc1cc(S(C)(=O)=O)ccc1NCC#Cc1cc2c(NC3CCC(N4CCCC(OC)C4)CC3)cccc2n1CC(F)(F)F. The quantitative estimate of drug-likeness (QED) is 0.280. The number of ether oxygens (including phenoxy) is 2. The molecule has 1 aromatic heterocycles. The van der Waals surface area contributed by atoms with Crippen LogP contribution >= 0.6 is 0 Å². The van der Waals surface area contributed by atoms with Crippen LogP contribution in [0.4, 0.5) is 24.5 Å². The van der Waals surface area contributed by atoms with Gasteiger partial charge in [-0.2, -0.15) is 13.2 Å². The van der Waals surface area contributed by atoms with E-state index in [1.54, 1.807) is 31.4 Å². The highest BCUT2D eigenvalue weighted by molar-refractivity contribution is 7.90. The molecule has 8 nitrogen and oxygen atoms in total. The molecular formula is C33H41F3N4O4S. The third kappa shape index (κ3) is 8.26. The van der Waals surface area contributed by atoms with Gasteiger partial charge in [-0.25, -0.2) is 8.42 Å². The zero-order valence-electron chi connectivity index (χ0n) is 25.9. The minimum absolute atomic E-state index is 0.110. The van der Waals surface area contributed by atoms with Gasteiger partial charge in [0.25, 0.3) is 0 Å². The summed E-state index contributed by atoms with van der Waals surface area (Å²) in [6.07, 6.45) is 3.39. The lowest BCUT2D eigenvalue weighted by atomic mass is 9.88.